The van der Waals surface area contributed by atoms with Gasteiger partial charge in [0.1, 0.15) is 0 Å². The quantitative estimate of drug-likeness (QED) is 0.743. The molecule has 0 atom stereocenters. The topological polar surface area (TPSA) is 51.2 Å². The molecule has 0 fully saturated rings. The summed E-state index contributed by atoms with van der Waals surface area (Å²) < 4.78 is 5.50. The van der Waals surface area contributed by atoms with Crippen molar-refractivity contribution >= 4 is 5.91 Å². The Morgan fingerprint density at radius 2 is 2.05 bits per heavy atom. The zero-order valence-electron chi connectivity index (χ0n) is 13.0. The maximum absolute atomic E-state index is 11.6. The molecule has 0 radical (unpaired) electrons. The SMILES string of the molecule is CC(C)NC(=O)Cc1ccc(CCCOC(C)C)nc1. The van der Waals surface area contributed by atoms with Crippen molar-refractivity contribution in [1.82, 2.24) is 10.3 Å². The van der Waals surface area contributed by atoms with Crippen molar-refractivity contribution in [2.75, 3.05) is 6.61 Å². The van der Waals surface area contributed by atoms with Crippen molar-refractivity contribution in [2.24, 2.45) is 0 Å². The first kappa shape index (κ1) is 16.6. The highest BCUT2D eigenvalue weighted by atomic mass is 16.5. The molecule has 0 bridgehead atoms. The fraction of sp³-hybridized carbons (Fsp3) is 0.625. The third-order valence-corrected chi connectivity index (χ3v) is 2.73. The molecule has 0 saturated carbocycles. The first-order valence-corrected chi connectivity index (χ1v) is 7.32. The molecule has 1 heterocycles. The van der Waals surface area contributed by atoms with Crippen molar-refractivity contribution in [1.29, 1.82) is 0 Å². The fourth-order valence-corrected chi connectivity index (χ4v) is 1.84. The number of hydrogen-bond donors (Lipinski definition) is 1. The van der Waals surface area contributed by atoms with E-state index in [1.165, 1.54) is 0 Å². The van der Waals surface area contributed by atoms with Gasteiger partial charge in [-0.05, 0) is 52.2 Å². The van der Waals surface area contributed by atoms with E-state index in [0.717, 1.165) is 30.7 Å². The molecule has 4 heteroatoms. The normalized spacial score (nSPS) is 11.1. The Morgan fingerprint density at radius 1 is 1.30 bits per heavy atom. The minimum absolute atomic E-state index is 0.0416. The van der Waals surface area contributed by atoms with Gasteiger partial charge in [-0.2, -0.15) is 0 Å². The molecule has 112 valence electrons. The maximum atomic E-state index is 11.6. The molecule has 4 nitrogen and oxygen atoms in total. The molecule has 0 aliphatic heterocycles. The van der Waals surface area contributed by atoms with Crippen molar-refractivity contribution in [3.8, 4) is 0 Å². The van der Waals surface area contributed by atoms with Gasteiger partial charge in [0.05, 0.1) is 12.5 Å². The van der Waals surface area contributed by atoms with Crippen LogP contribution in [0.4, 0.5) is 0 Å². The number of aryl methyl sites for hydroxylation is 1. The zero-order chi connectivity index (χ0) is 15.0. The number of nitrogens with one attached hydrogen (secondary N) is 1. The summed E-state index contributed by atoms with van der Waals surface area (Å²) in [4.78, 5) is 16.0. The second-order valence-electron chi connectivity index (χ2n) is 5.58. The predicted molar refractivity (Wildman–Crippen MR) is 80.6 cm³/mol. The van der Waals surface area contributed by atoms with Crippen LogP contribution in [-0.2, 0) is 22.4 Å². The molecule has 0 aromatic carbocycles. The van der Waals surface area contributed by atoms with E-state index in [0.29, 0.717) is 6.42 Å². The van der Waals surface area contributed by atoms with Crippen molar-refractivity contribution in [3.05, 3.63) is 29.6 Å². The summed E-state index contributed by atoms with van der Waals surface area (Å²) in [6.07, 6.45) is 4.34. The highest BCUT2D eigenvalue weighted by Crippen LogP contribution is 2.05. The summed E-state index contributed by atoms with van der Waals surface area (Å²) in [6, 6.07) is 4.15. The van der Waals surface area contributed by atoms with Crippen molar-refractivity contribution < 1.29 is 9.53 Å². The van der Waals surface area contributed by atoms with Gasteiger partial charge in [-0.1, -0.05) is 6.07 Å². The lowest BCUT2D eigenvalue weighted by atomic mass is 10.1. The van der Waals surface area contributed by atoms with Gasteiger partial charge in [-0.3, -0.25) is 9.78 Å². The number of amides is 1. The second-order valence-corrected chi connectivity index (χ2v) is 5.58. The van der Waals surface area contributed by atoms with Crippen LogP contribution in [0.15, 0.2) is 18.3 Å². The molecule has 1 aromatic heterocycles. The summed E-state index contributed by atoms with van der Waals surface area (Å²) in [5.41, 5.74) is 2.00. The van der Waals surface area contributed by atoms with Crippen molar-refractivity contribution in [2.45, 2.75) is 59.1 Å². The average molecular weight is 278 g/mol. The summed E-state index contributed by atoms with van der Waals surface area (Å²) in [7, 11) is 0. The number of hydrogen-bond acceptors (Lipinski definition) is 3. The minimum atomic E-state index is 0.0416. The van der Waals surface area contributed by atoms with Gasteiger partial charge in [-0.15, -0.1) is 0 Å². The Kier molecular flexibility index (Phi) is 7.23. The number of carbonyl (C=O) groups is 1. The number of aromatic nitrogens is 1. The Morgan fingerprint density at radius 3 is 2.60 bits per heavy atom. The molecular formula is C16H26N2O2. The first-order chi connectivity index (χ1) is 9.47. The van der Waals surface area contributed by atoms with Gasteiger partial charge in [0.2, 0.25) is 5.91 Å². The maximum Gasteiger partial charge on any atom is 0.224 e. The Hall–Kier alpha value is -1.42. The van der Waals surface area contributed by atoms with Crippen molar-refractivity contribution in [3.63, 3.8) is 0 Å². The third-order valence-electron chi connectivity index (χ3n) is 2.73. The van der Waals surface area contributed by atoms with Gasteiger partial charge in [0.15, 0.2) is 0 Å². The molecule has 0 spiro atoms. The van der Waals surface area contributed by atoms with Gasteiger partial charge in [0, 0.05) is 24.5 Å². The van der Waals surface area contributed by atoms with Gasteiger partial charge in [0.25, 0.3) is 0 Å². The molecule has 20 heavy (non-hydrogen) atoms. The van der Waals surface area contributed by atoms with E-state index in [2.05, 4.69) is 10.3 Å². The molecule has 0 unspecified atom stereocenters. The molecule has 1 rings (SSSR count). The van der Waals surface area contributed by atoms with Crippen LogP contribution in [0.5, 0.6) is 0 Å². The standard InChI is InChI=1S/C16H26N2O2/c1-12(2)18-16(19)10-14-7-8-15(17-11-14)6-5-9-20-13(3)4/h7-8,11-13H,5-6,9-10H2,1-4H3,(H,18,19). The number of carbonyl (C=O) groups excluding carboxylic acids is 1. The Labute approximate surface area is 121 Å². The van der Waals surface area contributed by atoms with E-state index in [9.17, 15) is 4.79 Å². The smallest absolute Gasteiger partial charge is 0.224 e. The molecule has 0 aliphatic rings. The van der Waals surface area contributed by atoms with E-state index < -0.39 is 0 Å². The number of nitrogens with zero attached hydrogens (tertiary/aromatic N) is 1. The Bertz CT molecular complexity index is 399. The highest BCUT2D eigenvalue weighted by molar-refractivity contribution is 5.78. The fourth-order valence-electron chi connectivity index (χ4n) is 1.84. The van der Waals surface area contributed by atoms with Crippen LogP contribution in [0.25, 0.3) is 0 Å². The Balaban J connectivity index is 2.34. The van der Waals surface area contributed by atoms with Gasteiger partial charge in [-0.25, -0.2) is 0 Å². The number of pyridine rings is 1. The minimum Gasteiger partial charge on any atom is -0.379 e. The van der Waals surface area contributed by atoms with Gasteiger partial charge < -0.3 is 10.1 Å². The van der Waals surface area contributed by atoms with Crippen LogP contribution >= 0.6 is 0 Å². The number of rotatable bonds is 8. The van der Waals surface area contributed by atoms with E-state index in [1.54, 1.807) is 6.20 Å². The largest absolute Gasteiger partial charge is 0.379 e. The van der Waals surface area contributed by atoms with E-state index in [1.807, 2.05) is 39.8 Å². The summed E-state index contributed by atoms with van der Waals surface area (Å²) >= 11 is 0. The molecule has 1 N–H and O–H groups in total. The molecule has 0 aliphatic carbocycles. The lowest BCUT2D eigenvalue weighted by Gasteiger charge is -2.09. The molecule has 0 saturated heterocycles. The third kappa shape index (κ3) is 7.24. The monoisotopic (exact) mass is 278 g/mol. The van der Waals surface area contributed by atoms with Crippen LogP contribution < -0.4 is 5.32 Å². The molecule has 1 aromatic rings. The summed E-state index contributed by atoms with van der Waals surface area (Å²) in [5, 5.41) is 2.88. The van der Waals surface area contributed by atoms with Crippen LogP contribution in [0.2, 0.25) is 0 Å². The molecular weight excluding hydrogens is 252 g/mol. The predicted octanol–water partition coefficient (Wildman–Crippen LogP) is 2.51. The van der Waals surface area contributed by atoms with Crippen LogP contribution in [0.3, 0.4) is 0 Å². The van der Waals surface area contributed by atoms with E-state index in [-0.39, 0.29) is 18.1 Å². The van der Waals surface area contributed by atoms with E-state index in [4.69, 9.17) is 4.74 Å². The first-order valence-electron chi connectivity index (χ1n) is 7.32. The lowest BCUT2D eigenvalue weighted by molar-refractivity contribution is -0.120. The highest BCUT2D eigenvalue weighted by Gasteiger charge is 2.05. The average Bonchev–Trinajstić information content (AvgIpc) is 2.35. The summed E-state index contributed by atoms with van der Waals surface area (Å²) in [5.74, 6) is 0.0416. The van der Waals surface area contributed by atoms with Gasteiger partial charge >= 0.3 is 0 Å². The second kappa shape index (κ2) is 8.69. The van der Waals surface area contributed by atoms with Crippen LogP contribution in [0, 0.1) is 0 Å². The van der Waals surface area contributed by atoms with Crippen LogP contribution in [-0.4, -0.2) is 29.6 Å². The van der Waals surface area contributed by atoms with Crippen LogP contribution in [0.1, 0.15) is 45.4 Å². The number of ether oxygens (including phenoxy) is 1. The van der Waals surface area contributed by atoms with E-state index >= 15 is 0 Å². The zero-order valence-corrected chi connectivity index (χ0v) is 13.0. The molecule has 1 amide bonds. The summed E-state index contributed by atoms with van der Waals surface area (Å²) in [6.45, 7) is 8.75. The lowest BCUT2D eigenvalue weighted by Crippen LogP contribution is -2.31.